The summed E-state index contributed by atoms with van der Waals surface area (Å²) in [5.74, 6) is -1.29. The summed E-state index contributed by atoms with van der Waals surface area (Å²) in [5.41, 5.74) is -0.0517. The monoisotopic (exact) mass is 362 g/mol. The third-order valence-electron chi connectivity index (χ3n) is 3.43. The molecule has 10 heteroatoms. The number of phenols is 1. The van der Waals surface area contributed by atoms with Crippen LogP contribution in [0.5, 0.6) is 17.2 Å². The lowest BCUT2D eigenvalue weighted by Gasteiger charge is -2.25. The number of rotatable bonds is 9. The van der Waals surface area contributed by atoms with Crippen LogP contribution >= 0.6 is 0 Å². The van der Waals surface area contributed by atoms with Gasteiger partial charge in [-0.25, -0.2) is 4.79 Å². The van der Waals surface area contributed by atoms with Crippen molar-refractivity contribution in [3.63, 3.8) is 0 Å². The summed E-state index contributed by atoms with van der Waals surface area (Å²) >= 11 is 0. The van der Waals surface area contributed by atoms with Gasteiger partial charge in [0.25, 0.3) is 0 Å². The fraction of sp³-hybridized carbons (Fsp3) is 0.533. The molecule has 0 saturated heterocycles. The molecule has 0 aliphatic heterocycles. The van der Waals surface area contributed by atoms with Gasteiger partial charge in [0, 0.05) is 0 Å². The molecule has 0 bridgehead atoms. The Bertz CT molecular complexity index is 550. The number of carbonyl (C=O) groups excluding carboxylic acids is 1. The highest BCUT2D eigenvalue weighted by atomic mass is 16.5. The molecule has 1 aromatic rings. The molecule has 0 aliphatic carbocycles. The maximum Gasteiger partial charge on any atom is 0.338 e. The van der Waals surface area contributed by atoms with Crippen LogP contribution in [0.25, 0.3) is 0 Å². The van der Waals surface area contributed by atoms with Crippen LogP contribution in [0, 0.1) is 0 Å². The molecule has 4 atom stereocenters. The molecule has 1 rings (SSSR count). The first-order valence-electron chi connectivity index (χ1n) is 7.22. The van der Waals surface area contributed by atoms with Crippen LogP contribution in [0.1, 0.15) is 10.4 Å². The predicted octanol–water partition coefficient (Wildman–Crippen LogP) is -2.00. The maximum absolute atomic E-state index is 12.0. The van der Waals surface area contributed by atoms with Crippen molar-refractivity contribution in [2.45, 2.75) is 24.4 Å². The summed E-state index contributed by atoms with van der Waals surface area (Å²) in [5, 5.41) is 56.5. The number of esters is 1. The number of aliphatic hydroxyl groups excluding tert-OH is 5. The molecule has 0 radical (unpaired) electrons. The number of methoxy groups -OCH3 is 2. The number of ether oxygens (including phenoxy) is 3. The average molecular weight is 362 g/mol. The maximum atomic E-state index is 12.0. The standard InChI is InChI=1S/C15H22O10/c1-23-10-3-7(4-11(24-2)14(10)21)15(22)25-6-9(18)13(20)12(19)8(17)5-16/h3-4,8-9,12-13,16-21H,5-6H2,1-2H3. The lowest BCUT2D eigenvalue weighted by molar-refractivity contribution is -0.124. The minimum atomic E-state index is -1.85. The zero-order chi connectivity index (χ0) is 19.1. The molecule has 0 aliphatic rings. The SMILES string of the molecule is COc1cc(C(=O)OCC(O)C(O)C(O)C(O)CO)cc(OC)c1O. The van der Waals surface area contributed by atoms with E-state index in [-0.39, 0.29) is 22.8 Å². The highest BCUT2D eigenvalue weighted by molar-refractivity contribution is 5.91. The van der Waals surface area contributed by atoms with Crippen LogP contribution in [-0.2, 0) is 4.74 Å². The quantitative estimate of drug-likeness (QED) is 0.271. The fourth-order valence-corrected chi connectivity index (χ4v) is 1.92. The molecule has 0 amide bonds. The second-order valence-corrected chi connectivity index (χ2v) is 5.13. The highest BCUT2D eigenvalue weighted by Crippen LogP contribution is 2.37. The number of aliphatic hydroxyl groups is 5. The van der Waals surface area contributed by atoms with Gasteiger partial charge in [-0.05, 0) is 12.1 Å². The lowest BCUT2D eigenvalue weighted by atomic mass is 10.0. The van der Waals surface area contributed by atoms with Gasteiger partial charge in [-0.1, -0.05) is 0 Å². The zero-order valence-corrected chi connectivity index (χ0v) is 13.7. The number of phenolic OH excluding ortho intramolecular Hbond substituents is 1. The van der Waals surface area contributed by atoms with E-state index in [2.05, 4.69) is 0 Å². The fourth-order valence-electron chi connectivity index (χ4n) is 1.92. The topological polar surface area (TPSA) is 166 Å². The van der Waals surface area contributed by atoms with E-state index in [0.717, 1.165) is 0 Å². The Morgan fingerprint density at radius 2 is 1.48 bits per heavy atom. The van der Waals surface area contributed by atoms with E-state index < -0.39 is 43.6 Å². The first-order chi connectivity index (χ1) is 11.8. The minimum absolute atomic E-state index is 0.0339. The molecule has 0 spiro atoms. The van der Waals surface area contributed by atoms with Crippen molar-refractivity contribution < 1.29 is 49.6 Å². The van der Waals surface area contributed by atoms with E-state index in [0.29, 0.717) is 0 Å². The molecule has 6 N–H and O–H groups in total. The molecule has 142 valence electrons. The van der Waals surface area contributed by atoms with Crippen molar-refractivity contribution in [2.75, 3.05) is 27.4 Å². The highest BCUT2D eigenvalue weighted by Gasteiger charge is 2.31. The summed E-state index contributed by atoms with van der Waals surface area (Å²) in [7, 11) is 2.55. The van der Waals surface area contributed by atoms with Crippen LogP contribution < -0.4 is 9.47 Å². The van der Waals surface area contributed by atoms with E-state index in [1.54, 1.807) is 0 Å². The van der Waals surface area contributed by atoms with Gasteiger partial charge < -0.3 is 44.8 Å². The summed E-state index contributed by atoms with van der Waals surface area (Å²) in [6.45, 7) is -1.52. The van der Waals surface area contributed by atoms with Crippen molar-refractivity contribution in [1.82, 2.24) is 0 Å². The Labute approximate surface area is 143 Å². The summed E-state index contributed by atoms with van der Waals surface area (Å²) in [6, 6.07) is 2.38. The Balaban J connectivity index is 2.77. The minimum Gasteiger partial charge on any atom is -0.502 e. The first-order valence-corrected chi connectivity index (χ1v) is 7.22. The number of carbonyl (C=O) groups is 1. The van der Waals surface area contributed by atoms with E-state index in [1.807, 2.05) is 0 Å². The van der Waals surface area contributed by atoms with Crippen LogP contribution in [0.2, 0.25) is 0 Å². The van der Waals surface area contributed by atoms with Gasteiger partial charge in [0.15, 0.2) is 11.5 Å². The van der Waals surface area contributed by atoms with E-state index >= 15 is 0 Å². The van der Waals surface area contributed by atoms with Gasteiger partial charge in [0.05, 0.1) is 26.4 Å². The van der Waals surface area contributed by atoms with Crippen molar-refractivity contribution in [2.24, 2.45) is 0 Å². The molecule has 0 aromatic heterocycles. The van der Waals surface area contributed by atoms with Crippen LogP contribution in [-0.4, -0.2) is 88.5 Å². The van der Waals surface area contributed by atoms with E-state index in [9.17, 15) is 30.3 Å². The van der Waals surface area contributed by atoms with E-state index in [4.69, 9.17) is 19.3 Å². The summed E-state index contributed by atoms with van der Waals surface area (Å²) in [4.78, 5) is 12.0. The second-order valence-electron chi connectivity index (χ2n) is 5.13. The molecule has 0 heterocycles. The molecule has 0 fully saturated rings. The second kappa shape index (κ2) is 9.39. The zero-order valence-electron chi connectivity index (χ0n) is 13.7. The average Bonchev–Trinajstić information content (AvgIpc) is 2.63. The Kier molecular flexibility index (Phi) is 7.87. The Morgan fingerprint density at radius 1 is 1.00 bits per heavy atom. The third-order valence-corrected chi connectivity index (χ3v) is 3.43. The third kappa shape index (κ3) is 5.18. The summed E-state index contributed by atoms with van der Waals surface area (Å²) in [6.07, 6.45) is -7.04. The van der Waals surface area contributed by atoms with Crippen molar-refractivity contribution in [1.29, 1.82) is 0 Å². The first kappa shape index (κ1) is 20.9. The Morgan fingerprint density at radius 3 is 1.92 bits per heavy atom. The van der Waals surface area contributed by atoms with Crippen LogP contribution in [0.4, 0.5) is 0 Å². The molecule has 0 saturated carbocycles. The summed E-state index contributed by atoms with van der Waals surface area (Å²) < 4.78 is 14.6. The van der Waals surface area contributed by atoms with Crippen LogP contribution in [0.15, 0.2) is 12.1 Å². The Hall–Kier alpha value is -2.11. The van der Waals surface area contributed by atoms with Gasteiger partial charge in [-0.3, -0.25) is 0 Å². The van der Waals surface area contributed by atoms with Gasteiger partial charge in [0.1, 0.15) is 31.0 Å². The van der Waals surface area contributed by atoms with Gasteiger partial charge in [0.2, 0.25) is 5.75 Å². The predicted molar refractivity (Wildman–Crippen MR) is 82.6 cm³/mol. The van der Waals surface area contributed by atoms with Gasteiger partial charge >= 0.3 is 5.97 Å². The van der Waals surface area contributed by atoms with Gasteiger partial charge in [-0.15, -0.1) is 0 Å². The number of hydrogen-bond acceptors (Lipinski definition) is 10. The number of aromatic hydroxyl groups is 1. The van der Waals surface area contributed by atoms with Crippen molar-refractivity contribution in [3.8, 4) is 17.2 Å². The van der Waals surface area contributed by atoms with Crippen LogP contribution in [0.3, 0.4) is 0 Å². The molecular weight excluding hydrogens is 340 g/mol. The normalized spacial score (nSPS) is 15.8. The van der Waals surface area contributed by atoms with Crippen molar-refractivity contribution >= 4 is 5.97 Å². The molecule has 25 heavy (non-hydrogen) atoms. The number of hydrogen-bond donors (Lipinski definition) is 6. The number of benzene rings is 1. The molecular formula is C15H22O10. The molecule has 4 unspecified atom stereocenters. The molecule has 10 nitrogen and oxygen atoms in total. The largest absolute Gasteiger partial charge is 0.502 e. The van der Waals surface area contributed by atoms with Crippen molar-refractivity contribution in [3.05, 3.63) is 17.7 Å². The van der Waals surface area contributed by atoms with E-state index in [1.165, 1.54) is 26.4 Å². The lowest BCUT2D eigenvalue weighted by Crippen LogP contribution is -2.47. The smallest absolute Gasteiger partial charge is 0.338 e. The molecule has 1 aromatic carbocycles. The van der Waals surface area contributed by atoms with Gasteiger partial charge in [-0.2, -0.15) is 0 Å².